The summed E-state index contributed by atoms with van der Waals surface area (Å²) in [5.74, 6) is 0. The molecule has 0 unspecified atom stereocenters. The molecule has 0 aliphatic carbocycles. The highest BCUT2D eigenvalue weighted by atomic mass is 14.9. The van der Waals surface area contributed by atoms with E-state index in [1.807, 2.05) is 24.3 Å². The van der Waals surface area contributed by atoms with Gasteiger partial charge in [0, 0.05) is 18.3 Å². The van der Waals surface area contributed by atoms with E-state index in [4.69, 9.17) is 5.73 Å². The Morgan fingerprint density at radius 3 is 2.73 bits per heavy atom. The molecule has 0 atom stereocenters. The van der Waals surface area contributed by atoms with E-state index in [0.29, 0.717) is 6.54 Å². The van der Waals surface area contributed by atoms with Gasteiger partial charge in [0.15, 0.2) is 0 Å². The molecule has 0 spiro atoms. The van der Waals surface area contributed by atoms with E-state index in [-0.39, 0.29) is 0 Å². The lowest BCUT2D eigenvalue weighted by Gasteiger charge is -2.01. The standard InChI is InChI=1S/C11H12N4/c12-5-4-9-7-11(15-8-14-9)10-3-1-2-6-13-10/h1-3,6-8H,4-5,12H2. The van der Waals surface area contributed by atoms with Crippen molar-refractivity contribution in [3.63, 3.8) is 0 Å². The van der Waals surface area contributed by atoms with Gasteiger partial charge in [-0.3, -0.25) is 4.98 Å². The number of nitrogens with zero attached hydrogens (tertiary/aromatic N) is 3. The minimum Gasteiger partial charge on any atom is -0.330 e. The van der Waals surface area contributed by atoms with Crippen LogP contribution in [0.5, 0.6) is 0 Å². The summed E-state index contributed by atoms with van der Waals surface area (Å²) < 4.78 is 0. The quantitative estimate of drug-likeness (QED) is 0.804. The smallest absolute Gasteiger partial charge is 0.116 e. The molecule has 2 aromatic rings. The summed E-state index contributed by atoms with van der Waals surface area (Å²) >= 11 is 0. The van der Waals surface area contributed by atoms with Gasteiger partial charge in [-0.25, -0.2) is 9.97 Å². The van der Waals surface area contributed by atoms with Crippen LogP contribution < -0.4 is 5.73 Å². The predicted octanol–water partition coefficient (Wildman–Crippen LogP) is 1.04. The Balaban J connectivity index is 2.33. The van der Waals surface area contributed by atoms with Gasteiger partial charge in [-0.15, -0.1) is 0 Å². The van der Waals surface area contributed by atoms with E-state index >= 15 is 0 Å². The molecule has 2 heterocycles. The molecule has 0 radical (unpaired) electrons. The van der Waals surface area contributed by atoms with Gasteiger partial charge in [-0.2, -0.15) is 0 Å². The Hall–Kier alpha value is -1.81. The first-order chi connectivity index (χ1) is 7.40. The molecule has 2 aromatic heterocycles. The van der Waals surface area contributed by atoms with Crippen molar-refractivity contribution in [1.82, 2.24) is 15.0 Å². The number of rotatable bonds is 3. The Morgan fingerprint density at radius 2 is 2.00 bits per heavy atom. The summed E-state index contributed by atoms with van der Waals surface area (Å²) in [6.45, 7) is 0.596. The van der Waals surface area contributed by atoms with Crippen molar-refractivity contribution >= 4 is 0 Å². The van der Waals surface area contributed by atoms with Crippen LogP contribution >= 0.6 is 0 Å². The van der Waals surface area contributed by atoms with Crippen molar-refractivity contribution in [2.75, 3.05) is 6.54 Å². The van der Waals surface area contributed by atoms with E-state index in [9.17, 15) is 0 Å². The van der Waals surface area contributed by atoms with E-state index in [1.165, 1.54) is 0 Å². The molecule has 4 heteroatoms. The normalized spacial score (nSPS) is 10.2. The monoisotopic (exact) mass is 200 g/mol. The van der Waals surface area contributed by atoms with E-state index < -0.39 is 0 Å². The summed E-state index contributed by atoms with van der Waals surface area (Å²) in [7, 11) is 0. The molecule has 2 rings (SSSR count). The summed E-state index contributed by atoms with van der Waals surface area (Å²) in [5, 5.41) is 0. The van der Waals surface area contributed by atoms with Crippen LogP contribution in [-0.2, 0) is 6.42 Å². The fourth-order valence-corrected chi connectivity index (χ4v) is 1.34. The van der Waals surface area contributed by atoms with Crippen LogP contribution in [0.25, 0.3) is 11.4 Å². The molecule has 0 aliphatic heterocycles. The molecular formula is C11H12N4. The second kappa shape index (κ2) is 4.61. The molecule has 0 fully saturated rings. The van der Waals surface area contributed by atoms with Gasteiger partial charge < -0.3 is 5.73 Å². The Labute approximate surface area is 88.2 Å². The first-order valence-electron chi connectivity index (χ1n) is 4.82. The van der Waals surface area contributed by atoms with Crippen molar-refractivity contribution in [2.45, 2.75) is 6.42 Å². The second-order valence-electron chi connectivity index (χ2n) is 3.15. The first kappa shape index (κ1) is 9.73. The lowest BCUT2D eigenvalue weighted by molar-refractivity contribution is 0.910. The van der Waals surface area contributed by atoms with Crippen LogP contribution in [-0.4, -0.2) is 21.5 Å². The second-order valence-corrected chi connectivity index (χ2v) is 3.15. The average Bonchev–Trinajstić information content (AvgIpc) is 2.31. The predicted molar refractivity (Wildman–Crippen MR) is 58.0 cm³/mol. The van der Waals surface area contributed by atoms with Gasteiger partial charge >= 0.3 is 0 Å². The Morgan fingerprint density at radius 1 is 1.07 bits per heavy atom. The summed E-state index contributed by atoms with van der Waals surface area (Å²) in [5.41, 5.74) is 8.13. The van der Waals surface area contributed by atoms with Gasteiger partial charge in [0.25, 0.3) is 0 Å². The third-order valence-electron chi connectivity index (χ3n) is 2.05. The molecule has 0 aliphatic rings. The molecule has 0 amide bonds. The molecule has 0 saturated heterocycles. The van der Waals surface area contributed by atoms with Gasteiger partial charge in [0.1, 0.15) is 6.33 Å². The highest BCUT2D eigenvalue weighted by Gasteiger charge is 2.01. The molecule has 15 heavy (non-hydrogen) atoms. The number of pyridine rings is 1. The number of hydrogen-bond donors (Lipinski definition) is 1. The zero-order valence-corrected chi connectivity index (χ0v) is 8.30. The summed E-state index contributed by atoms with van der Waals surface area (Å²) in [4.78, 5) is 12.5. The maximum Gasteiger partial charge on any atom is 0.116 e. The fraction of sp³-hybridized carbons (Fsp3) is 0.182. The molecule has 4 nitrogen and oxygen atoms in total. The lowest BCUT2D eigenvalue weighted by Crippen LogP contribution is -2.04. The van der Waals surface area contributed by atoms with Crippen molar-refractivity contribution in [1.29, 1.82) is 0 Å². The summed E-state index contributed by atoms with van der Waals surface area (Å²) in [6, 6.07) is 7.67. The van der Waals surface area contributed by atoms with Crippen LogP contribution in [0.1, 0.15) is 5.69 Å². The third kappa shape index (κ3) is 2.35. The van der Waals surface area contributed by atoms with Gasteiger partial charge in [0.2, 0.25) is 0 Å². The SMILES string of the molecule is NCCc1cc(-c2ccccn2)ncn1. The molecule has 2 N–H and O–H groups in total. The highest BCUT2D eigenvalue weighted by Crippen LogP contribution is 2.13. The minimum absolute atomic E-state index is 0.596. The maximum atomic E-state index is 5.47. The zero-order chi connectivity index (χ0) is 10.5. The van der Waals surface area contributed by atoms with Crippen LogP contribution in [0.15, 0.2) is 36.8 Å². The lowest BCUT2D eigenvalue weighted by atomic mass is 10.2. The molecule has 0 saturated carbocycles. The Kier molecular flexibility index (Phi) is 2.99. The molecule has 76 valence electrons. The first-order valence-corrected chi connectivity index (χ1v) is 4.82. The maximum absolute atomic E-state index is 5.47. The number of nitrogens with two attached hydrogens (primary N) is 1. The van der Waals surface area contributed by atoms with E-state index in [1.54, 1.807) is 12.5 Å². The zero-order valence-electron chi connectivity index (χ0n) is 8.30. The number of hydrogen-bond acceptors (Lipinski definition) is 4. The topological polar surface area (TPSA) is 64.7 Å². The average molecular weight is 200 g/mol. The minimum atomic E-state index is 0.596. The van der Waals surface area contributed by atoms with Crippen molar-refractivity contribution < 1.29 is 0 Å². The van der Waals surface area contributed by atoms with E-state index in [2.05, 4.69) is 15.0 Å². The fourth-order valence-electron chi connectivity index (χ4n) is 1.34. The summed E-state index contributed by atoms with van der Waals surface area (Å²) in [6.07, 6.45) is 4.07. The largest absolute Gasteiger partial charge is 0.330 e. The van der Waals surface area contributed by atoms with E-state index in [0.717, 1.165) is 23.5 Å². The van der Waals surface area contributed by atoms with Crippen molar-refractivity contribution in [3.05, 3.63) is 42.5 Å². The van der Waals surface area contributed by atoms with Crippen LogP contribution in [0.4, 0.5) is 0 Å². The number of aromatic nitrogens is 3. The molecule has 0 aromatic carbocycles. The van der Waals surface area contributed by atoms with Crippen LogP contribution in [0.2, 0.25) is 0 Å². The van der Waals surface area contributed by atoms with Crippen LogP contribution in [0, 0.1) is 0 Å². The van der Waals surface area contributed by atoms with Gasteiger partial charge in [0.05, 0.1) is 11.4 Å². The van der Waals surface area contributed by atoms with Gasteiger partial charge in [-0.05, 0) is 24.7 Å². The van der Waals surface area contributed by atoms with Crippen molar-refractivity contribution in [3.8, 4) is 11.4 Å². The molecule has 0 bridgehead atoms. The van der Waals surface area contributed by atoms with Crippen molar-refractivity contribution in [2.24, 2.45) is 5.73 Å². The highest BCUT2D eigenvalue weighted by molar-refractivity contribution is 5.53. The van der Waals surface area contributed by atoms with Crippen LogP contribution in [0.3, 0.4) is 0 Å². The molecular weight excluding hydrogens is 188 g/mol. The Bertz CT molecular complexity index is 428. The van der Waals surface area contributed by atoms with Gasteiger partial charge in [-0.1, -0.05) is 6.07 Å². The third-order valence-corrected chi connectivity index (χ3v) is 2.05.